The first-order valence-electron chi connectivity index (χ1n) is 15.4. The summed E-state index contributed by atoms with van der Waals surface area (Å²) in [4.78, 5) is 54.8. The van der Waals surface area contributed by atoms with Gasteiger partial charge in [0.2, 0.25) is 17.7 Å². The number of nitrogens with one attached hydrogen (secondary N) is 3. The third-order valence-electron chi connectivity index (χ3n) is 8.54. The summed E-state index contributed by atoms with van der Waals surface area (Å²) in [6.07, 6.45) is 7.10. The minimum atomic E-state index is -0.932. The Bertz CT molecular complexity index is 1170. The predicted molar refractivity (Wildman–Crippen MR) is 160 cm³/mol. The van der Waals surface area contributed by atoms with E-state index in [1.165, 1.54) is 0 Å². The number of carbonyl (C=O) groups is 4. The number of nitrogens with zero attached hydrogens (tertiary/aromatic N) is 1. The SMILES string of the molecule is COc1ccc(CC[C@H](NC(=O)[C@H](C)NC(=O)CN2CCC(O)CC2)C(=O)N[C@@H](CC2=CCCC2)C(=O)[C@@]2(C)CO2)cc1. The maximum absolute atomic E-state index is 13.7. The van der Waals surface area contributed by atoms with Crippen LogP contribution in [0.2, 0.25) is 0 Å². The summed E-state index contributed by atoms with van der Waals surface area (Å²) in [7, 11) is 1.59. The van der Waals surface area contributed by atoms with E-state index in [-0.39, 0.29) is 30.8 Å². The number of piperidine rings is 1. The van der Waals surface area contributed by atoms with Crippen LogP contribution in [0.3, 0.4) is 0 Å². The summed E-state index contributed by atoms with van der Waals surface area (Å²) >= 11 is 0. The average Bonchev–Trinajstić information content (AvgIpc) is 3.53. The molecule has 1 aromatic carbocycles. The zero-order chi connectivity index (χ0) is 31.0. The number of methoxy groups -OCH3 is 1. The molecule has 2 saturated heterocycles. The van der Waals surface area contributed by atoms with E-state index in [4.69, 9.17) is 9.47 Å². The van der Waals surface area contributed by atoms with Gasteiger partial charge in [-0.2, -0.15) is 0 Å². The van der Waals surface area contributed by atoms with Gasteiger partial charge in [0.05, 0.1) is 32.4 Å². The first kappa shape index (κ1) is 32.6. The van der Waals surface area contributed by atoms with Gasteiger partial charge in [-0.05, 0) is 82.9 Å². The number of benzene rings is 1. The smallest absolute Gasteiger partial charge is 0.243 e. The van der Waals surface area contributed by atoms with Crippen molar-refractivity contribution < 1.29 is 33.8 Å². The van der Waals surface area contributed by atoms with Crippen LogP contribution < -0.4 is 20.7 Å². The molecule has 0 aromatic heterocycles. The number of likely N-dealkylation sites (tertiary alicyclic amines) is 1. The Balaban J connectivity index is 1.41. The quantitative estimate of drug-likeness (QED) is 0.175. The van der Waals surface area contributed by atoms with Gasteiger partial charge in [0.15, 0.2) is 5.78 Å². The monoisotopic (exact) mass is 598 g/mol. The Labute approximate surface area is 253 Å². The van der Waals surface area contributed by atoms with E-state index in [0.717, 1.165) is 36.1 Å². The van der Waals surface area contributed by atoms with E-state index in [0.29, 0.717) is 45.4 Å². The van der Waals surface area contributed by atoms with E-state index >= 15 is 0 Å². The van der Waals surface area contributed by atoms with Crippen molar-refractivity contribution in [2.75, 3.05) is 33.4 Å². The lowest BCUT2D eigenvalue weighted by Crippen LogP contribution is -2.56. The van der Waals surface area contributed by atoms with Gasteiger partial charge in [-0.25, -0.2) is 0 Å². The van der Waals surface area contributed by atoms with Crippen molar-refractivity contribution in [2.24, 2.45) is 0 Å². The number of aryl methyl sites for hydroxylation is 1. The molecule has 236 valence electrons. The Hall–Kier alpha value is -3.28. The lowest BCUT2D eigenvalue weighted by Gasteiger charge is -2.29. The van der Waals surface area contributed by atoms with Gasteiger partial charge in [-0.1, -0.05) is 23.8 Å². The molecule has 3 amide bonds. The third kappa shape index (κ3) is 9.61. The van der Waals surface area contributed by atoms with Crippen LogP contribution in [0.5, 0.6) is 5.75 Å². The molecule has 4 atom stereocenters. The normalized spacial score (nSPS) is 22.6. The van der Waals surface area contributed by atoms with Crippen molar-refractivity contribution in [3.8, 4) is 5.75 Å². The summed E-state index contributed by atoms with van der Waals surface area (Å²) in [5, 5.41) is 18.2. The second-order valence-corrected chi connectivity index (χ2v) is 12.1. The predicted octanol–water partition coefficient (Wildman–Crippen LogP) is 1.42. The average molecular weight is 599 g/mol. The molecule has 43 heavy (non-hydrogen) atoms. The number of aliphatic hydroxyl groups is 1. The first-order valence-corrected chi connectivity index (χ1v) is 15.4. The van der Waals surface area contributed by atoms with Crippen LogP contribution >= 0.6 is 0 Å². The lowest BCUT2D eigenvalue weighted by atomic mass is 9.94. The maximum Gasteiger partial charge on any atom is 0.243 e. The molecule has 0 spiro atoms. The molecule has 0 radical (unpaired) electrons. The van der Waals surface area contributed by atoms with E-state index in [1.807, 2.05) is 29.2 Å². The van der Waals surface area contributed by atoms with Crippen LogP contribution in [0.4, 0.5) is 0 Å². The number of Topliss-reactive ketones (excluding diaryl/α,β-unsaturated/α-hetero) is 1. The summed E-state index contributed by atoms with van der Waals surface area (Å²) in [5.74, 6) is -0.689. The molecule has 0 unspecified atom stereocenters. The molecular formula is C32H46N4O7. The summed E-state index contributed by atoms with van der Waals surface area (Å²) in [6, 6.07) is 4.92. The minimum Gasteiger partial charge on any atom is -0.497 e. The van der Waals surface area contributed by atoms with Gasteiger partial charge in [-0.15, -0.1) is 0 Å². The van der Waals surface area contributed by atoms with E-state index in [9.17, 15) is 24.3 Å². The highest BCUT2D eigenvalue weighted by Crippen LogP contribution is 2.31. The first-order chi connectivity index (χ1) is 20.6. The van der Waals surface area contributed by atoms with Crippen LogP contribution in [-0.2, 0) is 30.3 Å². The molecule has 1 aliphatic carbocycles. The fourth-order valence-electron chi connectivity index (χ4n) is 5.59. The molecule has 11 heteroatoms. The highest BCUT2D eigenvalue weighted by Gasteiger charge is 2.50. The van der Waals surface area contributed by atoms with Crippen LogP contribution in [0.1, 0.15) is 64.4 Å². The third-order valence-corrected chi connectivity index (χ3v) is 8.54. The summed E-state index contributed by atoms with van der Waals surface area (Å²) < 4.78 is 10.6. The number of aliphatic hydroxyl groups excluding tert-OH is 1. The number of hydrogen-bond donors (Lipinski definition) is 4. The lowest BCUT2D eigenvalue weighted by molar-refractivity contribution is -0.134. The van der Waals surface area contributed by atoms with Crippen LogP contribution in [-0.4, -0.2) is 96.7 Å². The number of allylic oxidation sites excluding steroid dienone is 1. The molecule has 2 aliphatic heterocycles. The number of ether oxygens (including phenoxy) is 2. The maximum atomic E-state index is 13.7. The van der Waals surface area contributed by atoms with Crippen molar-refractivity contribution in [3.05, 3.63) is 41.5 Å². The minimum absolute atomic E-state index is 0.131. The second-order valence-electron chi connectivity index (χ2n) is 12.1. The fourth-order valence-corrected chi connectivity index (χ4v) is 5.59. The number of amides is 3. The number of carbonyl (C=O) groups excluding carboxylic acids is 4. The Morgan fingerprint density at radius 1 is 1.07 bits per heavy atom. The van der Waals surface area contributed by atoms with E-state index < -0.39 is 35.5 Å². The summed E-state index contributed by atoms with van der Waals surface area (Å²) in [5.41, 5.74) is 1.20. The van der Waals surface area contributed by atoms with Gasteiger partial charge >= 0.3 is 0 Å². The van der Waals surface area contributed by atoms with Gasteiger partial charge in [0.1, 0.15) is 23.4 Å². The molecule has 0 bridgehead atoms. The Kier molecular flexibility index (Phi) is 11.3. The molecule has 4 N–H and O–H groups in total. The molecule has 0 saturated carbocycles. The molecular weight excluding hydrogens is 552 g/mol. The molecule has 3 aliphatic rings. The second kappa shape index (κ2) is 14.9. The largest absolute Gasteiger partial charge is 0.497 e. The van der Waals surface area contributed by atoms with Crippen molar-refractivity contribution >= 4 is 23.5 Å². The Morgan fingerprint density at radius 2 is 1.74 bits per heavy atom. The van der Waals surface area contributed by atoms with Gasteiger partial charge in [-0.3, -0.25) is 24.1 Å². The topological polar surface area (TPSA) is 150 Å². The number of rotatable bonds is 15. The molecule has 2 fully saturated rings. The zero-order valence-electron chi connectivity index (χ0n) is 25.5. The highest BCUT2D eigenvalue weighted by molar-refractivity contribution is 5.98. The zero-order valence-corrected chi connectivity index (χ0v) is 25.5. The Morgan fingerprint density at radius 3 is 2.35 bits per heavy atom. The number of hydrogen-bond acceptors (Lipinski definition) is 8. The van der Waals surface area contributed by atoms with Gasteiger partial charge < -0.3 is 30.5 Å². The fraction of sp³-hybridized carbons (Fsp3) is 0.625. The van der Waals surface area contributed by atoms with Gasteiger partial charge in [0.25, 0.3) is 0 Å². The standard InChI is InChI=1S/C32H46N4O7/c1-21(33-28(38)19-36-16-14-24(37)15-17-36)30(40)34-26(13-10-22-8-11-25(42-3)12-9-22)31(41)35-27(18-23-6-4-5-7-23)29(39)32(2)20-43-32/h6,8-9,11-12,21,24,26-27,37H,4-5,7,10,13-20H2,1-3H3,(H,33,38)(H,34,40)(H,35,41)/t21-,26-,27-,32+/m0/s1. The molecule has 2 heterocycles. The molecule has 11 nitrogen and oxygen atoms in total. The van der Waals surface area contributed by atoms with Crippen LogP contribution in [0.25, 0.3) is 0 Å². The summed E-state index contributed by atoms with van der Waals surface area (Å²) in [6.45, 7) is 5.00. The van der Waals surface area contributed by atoms with Crippen LogP contribution in [0.15, 0.2) is 35.9 Å². The number of epoxide rings is 1. The highest BCUT2D eigenvalue weighted by atomic mass is 16.6. The van der Waals surface area contributed by atoms with Crippen molar-refractivity contribution in [1.29, 1.82) is 0 Å². The number of ketones is 1. The van der Waals surface area contributed by atoms with Crippen LogP contribution in [0, 0.1) is 0 Å². The van der Waals surface area contributed by atoms with E-state index in [1.54, 1.807) is 21.0 Å². The molecule has 1 aromatic rings. The molecule has 4 rings (SSSR count). The van der Waals surface area contributed by atoms with Gasteiger partial charge in [0, 0.05) is 13.1 Å². The van der Waals surface area contributed by atoms with E-state index in [2.05, 4.69) is 22.0 Å². The van der Waals surface area contributed by atoms with Crippen molar-refractivity contribution in [3.63, 3.8) is 0 Å². The van der Waals surface area contributed by atoms with Crippen molar-refractivity contribution in [1.82, 2.24) is 20.9 Å². The van der Waals surface area contributed by atoms with Crippen molar-refractivity contribution in [2.45, 2.75) is 95.0 Å².